The van der Waals surface area contributed by atoms with E-state index in [0.717, 1.165) is 17.3 Å². The fourth-order valence-electron chi connectivity index (χ4n) is 1.83. The zero-order valence-corrected chi connectivity index (χ0v) is 13.1. The summed E-state index contributed by atoms with van der Waals surface area (Å²) in [7, 11) is 1.37. The van der Waals surface area contributed by atoms with Crippen LogP contribution in [0.1, 0.15) is 42.6 Å². The minimum atomic E-state index is -0.750. The summed E-state index contributed by atoms with van der Waals surface area (Å²) in [6, 6.07) is 7.22. The number of hydrogen-bond acceptors (Lipinski definition) is 3. The van der Waals surface area contributed by atoms with Gasteiger partial charge < -0.3 is 4.74 Å². The van der Waals surface area contributed by atoms with Gasteiger partial charge >= 0.3 is 5.97 Å². The summed E-state index contributed by atoms with van der Waals surface area (Å²) < 4.78 is 4.80. The average Bonchev–Trinajstić information content (AvgIpc) is 2.43. The van der Waals surface area contributed by atoms with E-state index in [-0.39, 0.29) is 11.8 Å². The van der Waals surface area contributed by atoms with Gasteiger partial charge in [-0.2, -0.15) is 0 Å². The number of hydrogen-bond donors (Lipinski definition) is 0. The predicted molar refractivity (Wildman–Crippen MR) is 78.8 cm³/mol. The van der Waals surface area contributed by atoms with Crippen molar-refractivity contribution in [2.45, 2.75) is 32.1 Å². The lowest BCUT2D eigenvalue weighted by atomic mass is 9.83. The van der Waals surface area contributed by atoms with Gasteiger partial charge in [0.05, 0.1) is 12.5 Å². The average molecular weight is 327 g/mol. The molecule has 0 fully saturated rings. The number of methoxy groups -OCH3 is 1. The molecule has 0 saturated carbocycles. The van der Waals surface area contributed by atoms with Crippen LogP contribution in [0, 0.1) is 0 Å². The van der Waals surface area contributed by atoms with Crippen LogP contribution < -0.4 is 0 Å². The third-order valence-electron chi connectivity index (χ3n) is 3.14. The molecule has 0 radical (unpaired) electrons. The summed E-state index contributed by atoms with van der Waals surface area (Å²) in [5.41, 5.74) is 0.694. The second kappa shape index (κ2) is 6.85. The van der Waals surface area contributed by atoms with Gasteiger partial charge in [-0.1, -0.05) is 34.1 Å². The Balaban J connectivity index is 3.00. The Bertz CT molecular complexity index is 466. The Kier molecular flexibility index (Phi) is 5.73. The summed E-state index contributed by atoms with van der Waals surface area (Å²) in [5.74, 6) is -0.209. The summed E-state index contributed by atoms with van der Waals surface area (Å²) in [6.45, 7) is 3.59. The molecule has 0 N–H and O–H groups in total. The van der Waals surface area contributed by atoms with E-state index < -0.39 is 5.41 Å². The van der Waals surface area contributed by atoms with E-state index >= 15 is 0 Å². The third kappa shape index (κ3) is 3.90. The van der Waals surface area contributed by atoms with E-state index in [1.807, 2.05) is 6.07 Å². The highest BCUT2D eigenvalue weighted by Crippen LogP contribution is 2.25. The molecular formula is C15H19BrO3. The van der Waals surface area contributed by atoms with E-state index in [0.29, 0.717) is 12.0 Å². The molecular weight excluding hydrogens is 308 g/mol. The van der Waals surface area contributed by atoms with E-state index in [1.54, 1.807) is 32.0 Å². The molecule has 0 amide bonds. The summed E-state index contributed by atoms with van der Waals surface area (Å²) >= 11 is 3.31. The van der Waals surface area contributed by atoms with Gasteiger partial charge in [0, 0.05) is 17.3 Å². The topological polar surface area (TPSA) is 43.4 Å². The molecule has 0 spiro atoms. The minimum absolute atomic E-state index is 0.0990. The standard InChI is InChI=1S/C15H19BrO3/c1-15(2,14(18)19-3)12-7-4-6-11(10-12)13(17)8-5-9-16/h4,6-7,10H,5,8-9H2,1-3H3. The molecule has 1 aromatic carbocycles. The highest BCUT2D eigenvalue weighted by atomic mass is 79.9. The monoisotopic (exact) mass is 326 g/mol. The van der Waals surface area contributed by atoms with Gasteiger partial charge in [0.15, 0.2) is 5.78 Å². The first-order valence-electron chi connectivity index (χ1n) is 6.21. The van der Waals surface area contributed by atoms with Crippen LogP contribution in [-0.2, 0) is 14.9 Å². The maximum atomic E-state index is 12.0. The molecule has 104 valence electrons. The predicted octanol–water partition coefficient (Wildman–Crippen LogP) is 3.50. The van der Waals surface area contributed by atoms with Gasteiger partial charge in [-0.25, -0.2) is 0 Å². The van der Waals surface area contributed by atoms with Gasteiger partial charge in [-0.05, 0) is 31.9 Å². The van der Waals surface area contributed by atoms with E-state index in [2.05, 4.69) is 15.9 Å². The smallest absolute Gasteiger partial charge is 0.315 e. The normalized spacial score (nSPS) is 11.2. The van der Waals surface area contributed by atoms with Crippen LogP contribution in [0.5, 0.6) is 0 Å². The minimum Gasteiger partial charge on any atom is -0.468 e. The lowest BCUT2D eigenvalue weighted by Crippen LogP contribution is -2.30. The molecule has 0 saturated heterocycles. The van der Waals surface area contributed by atoms with Crippen molar-refractivity contribution in [3.8, 4) is 0 Å². The molecule has 0 unspecified atom stereocenters. The van der Waals surface area contributed by atoms with Crippen molar-refractivity contribution in [2.24, 2.45) is 0 Å². The Hall–Kier alpha value is -1.16. The van der Waals surface area contributed by atoms with Crippen LogP contribution in [0.4, 0.5) is 0 Å². The first-order chi connectivity index (χ1) is 8.93. The quantitative estimate of drug-likeness (QED) is 0.456. The fourth-order valence-corrected chi connectivity index (χ4v) is 2.11. The SMILES string of the molecule is COC(=O)C(C)(C)c1cccc(C(=O)CCCBr)c1. The number of carbonyl (C=O) groups excluding carboxylic acids is 2. The molecule has 0 atom stereocenters. The van der Waals surface area contributed by atoms with E-state index in [9.17, 15) is 9.59 Å². The number of halogens is 1. The van der Waals surface area contributed by atoms with Gasteiger partial charge in [0.1, 0.15) is 0 Å². The summed E-state index contributed by atoms with van der Waals surface area (Å²) in [6.07, 6.45) is 1.32. The Labute approximate surface area is 122 Å². The number of esters is 1. The van der Waals surface area contributed by atoms with E-state index in [4.69, 9.17) is 4.74 Å². The largest absolute Gasteiger partial charge is 0.468 e. The first-order valence-corrected chi connectivity index (χ1v) is 7.33. The number of ketones is 1. The van der Waals surface area contributed by atoms with Crippen molar-refractivity contribution in [3.05, 3.63) is 35.4 Å². The van der Waals surface area contributed by atoms with Crippen LogP contribution in [0.3, 0.4) is 0 Å². The van der Waals surface area contributed by atoms with Crippen molar-refractivity contribution >= 4 is 27.7 Å². The second-order valence-electron chi connectivity index (χ2n) is 4.91. The molecule has 4 heteroatoms. The van der Waals surface area contributed by atoms with Gasteiger partial charge in [-0.15, -0.1) is 0 Å². The Morgan fingerprint density at radius 2 is 2.00 bits per heavy atom. The molecule has 0 bridgehead atoms. The van der Waals surface area contributed by atoms with Crippen LogP contribution in [0.15, 0.2) is 24.3 Å². The van der Waals surface area contributed by atoms with Crippen molar-refractivity contribution < 1.29 is 14.3 Å². The second-order valence-corrected chi connectivity index (χ2v) is 5.71. The number of benzene rings is 1. The van der Waals surface area contributed by atoms with Crippen molar-refractivity contribution in [2.75, 3.05) is 12.4 Å². The lowest BCUT2D eigenvalue weighted by molar-refractivity contribution is -0.146. The molecule has 1 rings (SSSR count). The van der Waals surface area contributed by atoms with Crippen LogP contribution in [0.25, 0.3) is 0 Å². The van der Waals surface area contributed by atoms with Crippen molar-refractivity contribution in [3.63, 3.8) is 0 Å². The van der Waals surface area contributed by atoms with Gasteiger partial charge in [-0.3, -0.25) is 9.59 Å². The third-order valence-corrected chi connectivity index (χ3v) is 3.70. The number of carbonyl (C=O) groups is 2. The van der Waals surface area contributed by atoms with Crippen LogP contribution in [-0.4, -0.2) is 24.2 Å². The molecule has 0 aromatic heterocycles. The Morgan fingerprint density at radius 3 is 2.58 bits per heavy atom. The molecule has 1 aromatic rings. The van der Waals surface area contributed by atoms with Crippen molar-refractivity contribution in [1.82, 2.24) is 0 Å². The zero-order chi connectivity index (χ0) is 14.5. The van der Waals surface area contributed by atoms with Crippen molar-refractivity contribution in [1.29, 1.82) is 0 Å². The molecule has 0 aliphatic rings. The number of Topliss-reactive ketones (excluding diaryl/α,β-unsaturated/α-hetero) is 1. The molecule has 19 heavy (non-hydrogen) atoms. The van der Waals surface area contributed by atoms with Crippen LogP contribution in [0.2, 0.25) is 0 Å². The summed E-state index contributed by atoms with van der Waals surface area (Å²) in [4.78, 5) is 23.8. The maximum absolute atomic E-state index is 12.0. The highest BCUT2D eigenvalue weighted by molar-refractivity contribution is 9.09. The number of ether oxygens (including phenoxy) is 1. The number of alkyl halides is 1. The fraction of sp³-hybridized carbons (Fsp3) is 0.467. The first kappa shape index (κ1) is 15.9. The molecule has 0 aliphatic heterocycles. The molecule has 0 aliphatic carbocycles. The summed E-state index contributed by atoms with van der Waals surface area (Å²) in [5, 5.41) is 0.812. The molecule has 0 heterocycles. The Morgan fingerprint density at radius 1 is 1.32 bits per heavy atom. The lowest BCUT2D eigenvalue weighted by Gasteiger charge is -2.22. The highest BCUT2D eigenvalue weighted by Gasteiger charge is 2.31. The van der Waals surface area contributed by atoms with Gasteiger partial charge in [0.2, 0.25) is 0 Å². The molecule has 3 nitrogen and oxygen atoms in total. The van der Waals surface area contributed by atoms with E-state index in [1.165, 1.54) is 7.11 Å². The van der Waals surface area contributed by atoms with Crippen LogP contribution >= 0.6 is 15.9 Å². The zero-order valence-electron chi connectivity index (χ0n) is 11.5. The maximum Gasteiger partial charge on any atom is 0.315 e. The van der Waals surface area contributed by atoms with Gasteiger partial charge in [0.25, 0.3) is 0 Å². The number of rotatable bonds is 6.